The first-order valence-corrected chi connectivity index (χ1v) is 3.98. The monoisotopic (exact) mass is 237 g/mol. The van der Waals surface area contributed by atoms with Gasteiger partial charge < -0.3 is 11.6 Å². The lowest BCUT2D eigenvalue weighted by atomic mass is 10.3. The van der Waals surface area contributed by atoms with Crippen molar-refractivity contribution in [2.45, 2.75) is 6.92 Å². The van der Waals surface area contributed by atoms with Crippen LogP contribution in [0.3, 0.4) is 0 Å². The number of allylic oxidation sites excluding steroid dienone is 3. The lowest BCUT2D eigenvalue weighted by Gasteiger charge is -1.94. The molecule has 0 aliphatic heterocycles. The number of rotatable bonds is 2. The molecule has 0 amide bonds. The highest BCUT2D eigenvalue weighted by Gasteiger charge is 1.96. The number of halogens is 2. The van der Waals surface area contributed by atoms with Crippen molar-refractivity contribution >= 4 is 33.2 Å². The summed E-state index contributed by atoms with van der Waals surface area (Å²) in [6, 6.07) is 0. The first-order chi connectivity index (χ1) is 5.11. The van der Waals surface area contributed by atoms with E-state index in [-0.39, 0.29) is 0 Å². The van der Waals surface area contributed by atoms with E-state index in [1.807, 2.05) is 0 Å². The summed E-state index contributed by atoms with van der Waals surface area (Å²) in [5.41, 5.74) is 5.74. The maximum Gasteiger partial charge on any atom is 0.0755 e. The van der Waals surface area contributed by atoms with Gasteiger partial charge in [-0.2, -0.15) is 5.10 Å². The molecule has 5 heteroatoms. The summed E-state index contributed by atoms with van der Waals surface area (Å²) >= 11 is 8.88. The molecule has 0 fully saturated rings. The Kier molecular flexibility index (Phi) is 4.98. The molecule has 3 nitrogen and oxygen atoms in total. The Morgan fingerprint density at radius 3 is 2.55 bits per heavy atom. The van der Waals surface area contributed by atoms with E-state index < -0.39 is 0 Å². The summed E-state index contributed by atoms with van der Waals surface area (Å²) in [6.45, 7) is 1.70. The Bertz CT molecular complexity index is 220. The van der Waals surface area contributed by atoms with E-state index in [0.29, 0.717) is 15.2 Å². The lowest BCUT2D eigenvalue weighted by Crippen LogP contribution is -1.96. The molecule has 0 aliphatic rings. The minimum absolute atomic E-state index is 0.459. The fourth-order valence-corrected chi connectivity index (χ4v) is 0.862. The fourth-order valence-electron chi connectivity index (χ4n) is 0.335. The Morgan fingerprint density at radius 2 is 2.18 bits per heavy atom. The maximum atomic E-state index is 5.73. The van der Waals surface area contributed by atoms with Crippen LogP contribution >= 0.6 is 27.5 Å². The molecule has 4 N–H and O–H groups in total. The van der Waals surface area contributed by atoms with Crippen molar-refractivity contribution in [3.8, 4) is 0 Å². The number of nitrogens with zero attached hydrogens (tertiary/aromatic N) is 1. The van der Waals surface area contributed by atoms with Crippen molar-refractivity contribution in [1.29, 1.82) is 0 Å². The van der Waals surface area contributed by atoms with Crippen LogP contribution in [0.15, 0.2) is 26.9 Å². The maximum absolute atomic E-state index is 5.73. The van der Waals surface area contributed by atoms with Gasteiger partial charge in [0, 0.05) is 10.7 Å². The number of hydrazone groups is 1. The van der Waals surface area contributed by atoms with Gasteiger partial charge in [0.2, 0.25) is 0 Å². The third kappa shape index (κ3) is 4.06. The van der Waals surface area contributed by atoms with E-state index in [1.165, 1.54) is 6.20 Å². The van der Waals surface area contributed by atoms with Gasteiger partial charge in [-0.3, -0.25) is 0 Å². The van der Waals surface area contributed by atoms with Gasteiger partial charge in [-0.05, 0) is 28.9 Å². The quantitative estimate of drug-likeness (QED) is 0.332. The first-order valence-electron chi connectivity index (χ1n) is 2.81. The topological polar surface area (TPSA) is 64.4 Å². The Balaban J connectivity index is 4.47. The van der Waals surface area contributed by atoms with E-state index in [1.54, 1.807) is 13.0 Å². The van der Waals surface area contributed by atoms with Crippen LogP contribution in [-0.2, 0) is 0 Å². The zero-order chi connectivity index (χ0) is 8.85. The summed E-state index contributed by atoms with van der Waals surface area (Å²) < 4.78 is 0.686. The lowest BCUT2D eigenvalue weighted by molar-refractivity contribution is 1.24. The van der Waals surface area contributed by atoms with E-state index in [0.717, 1.165) is 0 Å². The molecule has 62 valence electrons. The van der Waals surface area contributed by atoms with Crippen LogP contribution in [0.4, 0.5) is 0 Å². The average Bonchev–Trinajstić information content (AvgIpc) is 2.02. The van der Waals surface area contributed by atoms with Crippen LogP contribution in [0.25, 0.3) is 0 Å². The highest BCUT2D eigenvalue weighted by molar-refractivity contribution is 9.11. The first kappa shape index (κ1) is 10.5. The van der Waals surface area contributed by atoms with Gasteiger partial charge in [0.25, 0.3) is 0 Å². The zero-order valence-electron chi connectivity index (χ0n) is 6.01. The normalized spacial score (nSPS) is 15.4. The van der Waals surface area contributed by atoms with E-state index >= 15 is 0 Å². The third-order valence-electron chi connectivity index (χ3n) is 0.963. The van der Waals surface area contributed by atoms with Crippen LogP contribution in [0.2, 0.25) is 0 Å². The van der Waals surface area contributed by atoms with E-state index in [4.69, 9.17) is 23.2 Å². The molecule has 0 aromatic heterocycles. The summed E-state index contributed by atoms with van der Waals surface area (Å²) in [4.78, 5) is 0. The van der Waals surface area contributed by atoms with Crippen molar-refractivity contribution in [2.75, 3.05) is 0 Å². The zero-order valence-corrected chi connectivity index (χ0v) is 8.35. The Labute approximate surface area is 78.9 Å². The Morgan fingerprint density at radius 1 is 1.64 bits per heavy atom. The third-order valence-corrected chi connectivity index (χ3v) is 1.84. The van der Waals surface area contributed by atoms with Crippen LogP contribution in [-0.4, -0.2) is 5.71 Å². The molecule has 0 atom stereocenters. The molecular formula is C6H9BrClN3. The summed E-state index contributed by atoms with van der Waals surface area (Å²) in [6.07, 6.45) is 3.00. The van der Waals surface area contributed by atoms with E-state index in [9.17, 15) is 0 Å². The van der Waals surface area contributed by atoms with Crippen LogP contribution < -0.4 is 11.6 Å². The molecule has 0 heterocycles. The molecule has 0 saturated carbocycles. The average molecular weight is 239 g/mol. The predicted octanol–water partition coefficient (Wildman–Crippen LogP) is 1.64. The summed E-state index contributed by atoms with van der Waals surface area (Å²) in [5, 5.41) is 3.86. The van der Waals surface area contributed by atoms with Gasteiger partial charge in [0.1, 0.15) is 0 Å². The van der Waals surface area contributed by atoms with Crippen molar-refractivity contribution in [2.24, 2.45) is 16.7 Å². The van der Waals surface area contributed by atoms with Gasteiger partial charge in [0.15, 0.2) is 0 Å². The Hall–Kier alpha value is -0.480. The second-order valence-corrected chi connectivity index (χ2v) is 3.08. The molecule has 0 aromatic rings. The molecule has 11 heavy (non-hydrogen) atoms. The molecule has 0 rings (SSSR count). The number of nitrogens with two attached hydrogens (primary N) is 2. The molecular weight excluding hydrogens is 229 g/mol. The smallest absolute Gasteiger partial charge is 0.0755 e. The highest BCUT2D eigenvalue weighted by Crippen LogP contribution is 2.12. The fraction of sp³-hybridized carbons (Fsp3) is 0.167. The molecule has 0 unspecified atom stereocenters. The number of hydrogen-bond acceptors (Lipinski definition) is 3. The van der Waals surface area contributed by atoms with Crippen molar-refractivity contribution < 1.29 is 0 Å². The minimum atomic E-state index is 0.459. The summed E-state index contributed by atoms with van der Waals surface area (Å²) in [7, 11) is 0. The van der Waals surface area contributed by atoms with Gasteiger partial charge in [-0.15, -0.1) is 0 Å². The second-order valence-electron chi connectivity index (χ2n) is 1.76. The van der Waals surface area contributed by atoms with Gasteiger partial charge in [0.05, 0.1) is 10.7 Å². The molecule has 0 radical (unpaired) electrons. The highest BCUT2D eigenvalue weighted by atomic mass is 79.9. The molecule has 0 spiro atoms. The molecule has 0 bridgehead atoms. The van der Waals surface area contributed by atoms with Gasteiger partial charge >= 0.3 is 0 Å². The van der Waals surface area contributed by atoms with E-state index in [2.05, 4.69) is 21.0 Å². The predicted molar refractivity (Wildman–Crippen MR) is 52.4 cm³/mol. The second kappa shape index (κ2) is 5.21. The molecule has 0 aromatic carbocycles. The van der Waals surface area contributed by atoms with Crippen LogP contribution in [0.5, 0.6) is 0 Å². The standard InChI is InChI=1S/C6H9BrClN3/c1-4(11-10)6(8)2-5(7)3-9/h2-3H,9-10H2,1H3. The van der Waals surface area contributed by atoms with Crippen LogP contribution in [0.1, 0.15) is 6.92 Å². The summed E-state index contributed by atoms with van der Waals surface area (Å²) in [5.74, 6) is 4.99. The molecule has 0 saturated heterocycles. The SMILES string of the molecule is CC(=NN)C(Cl)=CC(Br)=CN. The van der Waals surface area contributed by atoms with Crippen molar-refractivity contribution in [3.05, 3.63) is 21.8 Å². The number of hydrogen-bond donors (Lipinski definition) is 2. The minimum Gasteiger partial charge on any atom is -0.404 e. The molecule has 0 aliphatic carbocycles. The largest absolute Gasteiger partial charge is 0.404 e. The van der Waals surface area contributed by atoms with Gasteiger partial charge in [-0.1, -0.05) is 11.6 Å². The van der Waals surface area contributed by atoms with Crippen molar-refractivity contribution in [1.82, 2.24) is 0 Å². The van der Waals surface area contributed by atoms with Gasteiger partial charge in [-0.25, -0.2) is 0 Å². The van der Waals surface area contributed by atoms with Crippen molar-refractivity contribution in [3.63, 3.8) is 0 Å². The van der Waals surface area contributed by atoms with Crippen LogP contribution in [0, 0.1) is 0 Å².